The van der Waals surface area contributed by atoms with Crippen LogP contribution in [0.25, 0.3) is 11.6 Å². The highest BCUT2D eigenvalue weighted by Crippen LogP contribution is 2.32. The smallest absolute Gasteiger partial charge is 0.275 e. The number of benzene rings is 1. The molecule has 0 atom stereocenters. The highest BCUT2D eigenvalue weighted by Gasteiger charge is 2.20. The zero-order chi connectivity index (χ0) is 14.1. The van der Waals surface area contributed by atoms with Crippen molar-refractivity contribution < 1.29 is 10.0 Å². The van der Waals surface area contributed by atoms with E-state index < -0.39 is 5.91 Å². The van der Waals surface area contributed by atoms with Crippen molar-refractivity contribution >= 4 is 17.6 Å². The van der Waals surface area contributed by atoms with E-state index in [2.05, 4.69) is 9.97 Å². The number of allylic oxidation sites excluding steroid dienone is 1. The maximum Gasteiger partial charge on any atom is 0.275 e. The number of amides is 1. The average molecular weight is 267 g/mol. The van der Waals surface area contributed by atoms with E-state index in [1.807, 2.05) is 19.1 Å². The van der Waals surface area contributed by atoms with E-state index in [-0.39, 0.29) is 0 Å². The van der Waals surface area contributed by atoms with Crippen LogP contribution in [0.4, 0.5) is 0 Å². The van der Waals surface area contributed by atoms with E-state index in [9.17, 15) is 4.79 Å². The quantitative estimate of drug-likeness (QED) is 0.644. The van der Waals surface area contributed by atoms with Gasteiger partial charge in [0.1, 0.15) is 0 Å². The molecule has 5 heteroatoms. The zero-order valence-corrected chi connectivity index (χ0v) is 10.9. The number of nitrogens with zero attached hydrogens (tertiary/aromatic N) is 2. The number of nitrogens with one attached hydrogen (secondary N) is 1. The van der Waals surface area contributed by atoms with Crippen LogP contribution in [0.1, 0.15) is 32.9 Å². The van der Waals surface area contributed by atoms with Gasteiger partial charge in [0.2, 0.25) is 0 Å². The number of aryl methyl sites for hydroxylation is 1. The van der Waals surface area contributed by atoms with Crippen LogP contribution in [-0.2, 0) is 6.42 Å². The van der Waals surface area contributed by atoms with Crippen LogP contribution >= 0.6 is 0 Å². The van der Waals surface area contributed by atoms with Crippen molar-refractivity contribution in [2.45, 2.75) is 13.3 Å². The van der Waals surface area contributed by atoms with Crippen LogP contribution in [0.5, 0.6) is 0 Å². The van der Waals surface area contributed by atoms with Crippen molar-refractivity contribution in [1.82, 2.24) is 15.4 Å². The summed E-state index contributed by atoms with van der Waals surface area (Å²) in [5, 5.41) is 8.79. The van der Waals surface area contributed by atoms with Gasteiger partial charge in [0.15, 0.2) is 0 Å². The van der Waals surface area contributed by atoms with Gasteiger partial charge in [-0.05, 0) is 35.8 Å². The normalized spacial score (nSPS) is 12.8. The summed E-state index contributed by atoms with van der Waals surface area (Å²) in [6.45, 7) is 1.89. The molecule has 0 radical (unpaired) electrons. The van der Waals surface area contributed by atoms with Gasteiger partial charge in [-0.2, -0.15) is 0 Å². The van der Waals surface area contributed by atoms with Crippen molar-refractivity contribution in [3.05, 3.63) is 58.7 Å². The molecule has 0 bridgehead atoms. The molecule has 0 unspecified atom stereocenters. The molecule has 2 N–H and O–H groups in total. The SMILES string of the molecule is Cc1cnc(C2=Cc3c(cccc3C(=O)NO)C2)cn1. The van der Waals surface area contributed by atoms with Crippen molar-refractivity contribution in [1.29, 1.82) is 0 Å². The molecule has 3 rings (SSSR count). The van der Waals surface area contributed by atoms with Gasteiger partial charge in [0.05, 0.1) is 17.6 Å². The van der Waals surface area contributed by atoms with Crippen LogP contribution in [0.2, 0.25) is 0 Å². The lowest BCUT2D eigenvalue weighted by Crippen LogP contribution is -2.19. The molecule has 20 heavy (non-hydrogen) atoms. The molecule has 0 saturated heterocycles. The lowest BCUT2D eigenvalue weighted by Gasteiger charge is -2.04. The number of hydrogen-bond donors (Lipinski definition) is 2. The molecule has 0 aliphatic heterocycles. The van der Waals surface area contributed by atoms with Gasteiger partial charge in [-0.15, -0.1) is 0 Å². The minimum atomic E-state index is -0.505. The Morgan fingerprint density at radius 2 is 2.15 bits per heavy atom. The fourth-order valence-electron chi connectivity index (χ4n) is 2.35. The third-order valence-electron chi connectivity index (χ3n) is 3.35. The second-order valence-corrected chi connectivity index (χ2v) is 4.71. The predicted molar refractivity (Wildman–Crippen MR) is 74.0 cm³/mol. The first kappa shape index (κ1) is 12.5. The van der Waals surface area contributed by atoms with Crippen molar-refractivity contribution in [2.75, 3.05) is 0 Å². The fraction of sp³-hybridized carbons (Fsp3) is 0.133. The monoisotopic (exact) mass is 267 g/mol. The number of hydroxylamine groups is 1. The fourth-order valence-corrected chi connectivity index (χ4v) is 2.35. The first-order valence-corrected chi connectivity index (χ1v) is 6.25. The largest absolute Gasteiger partial charge is 0.288 e. The Morgan fingerprint density at radius 1 is 1.30 bits per heavy atom. The second kappa shape index (κ2) is 4.86. The summed E-state index contributed by atoms with van der Waals surface area (Å²) in [6, 6.07) is 5.46. The third-order valence-corrected chi connectivity index (χ3v) is 3.35. The van der Waals surface area contributed by atoms with E-state index in [1.165, 1.54) is 0 Å². The molecule has 100 valence electrons. The number of aromatic nitrogens is 2. The Morgan fingerprint density at radius 3 is 2.85 bits per heavy atom. The summed E-state index contributed by atoms with van der Waals surface area (Å²) < 4.78 is 0. The molecule has 5 nitrogen and oxygen atoms in total. The second-order valence-electron chi connectivity index (χ2n) is 4.71. The number of fused-ring (bicyclic) bond motifs is 1. The molecule has 1 aliphatic carbocycles. The topological polar surface area (TPSA) is 75.1 Å². The Kier molecular flexibility index (Phi) is 3.04. The lowest BCUT2D eigenvalue weighted by atomic mass is 10.0. The maximum absolute atomic E-state index is 11.6. The summed E-state index contributed by atoms with van der Waals surface area (Å²) in [6.07, 6.45) is 6.10. The van der Waals surface area contributed by atoms with Crippen molar-refractivity contribution in [3.8, 4) is 0 Å². The van der Waals surface area contributed by atoms with Crippen molar-refractivity contribution in [3.63, 3.8) is 0 Å². The minimum Gasteiger partial charge on any atom is -0.288 e. The van der Waals surface area contributed by atoms with Crippen molar-refractivity contribution in [2.24, 2.45) is 0 Å². The van der Waals surface area contributed by atoms with E-state index >= 15 is 0 Å². The zero-order valence-electron chi connectivity index (χ0n) is 10.9. The third kappa shape index (κ3) is 2.08. The molecule has 1 heterocycles. The molecule has 1 aliphatic rings. The van der Waals surface area contributed by atoms with E-state index in [0.29, 0.717) is 12.0 Å². The molecule has 1 aromatic carbocycles. The predicted octanol–water partition coefficient (Wildman–Crippen LogP) is 2.00. The van der Waals surface area contributed by atoms with Gasteiger partial charge >= 0.3 is 0 Å². The van der Waals surface area contributed by atoms with E-state index in [0.717, 1.165) is 28.1 Å². The van der Waals surface area contributed by atoms with Gasteiger partial charge in [-0.25, -0.2) is 5.48 Å². The number of carbonyl (C=O) groups excluding carboxylic acids is 1. The first-order valence-electron chi connectivity index (χ1n) is 6.25. The lowest BCUT2D eigenvalue weighted by molar-refractivity contribution is 0.0706. The summed E-state index contributed by atoms with van der Waals surface area (Å²) in [5.74, 6) is -0.505. The van der Waals surface area contributed by atoms with E-state index in [1.54, 1.807) is 30.0 Å². The Balaban J connectivity index is 2.03. The van der Waals surface area contributed by atoms with Gasteiger partial charge < -0.3 is 0 Å². The molecular formula is C15H13N3O2. The van der Waals surface area contributed by atoms with Gasteiger partial charge in [0.25, 0.3) is 5.91 Å². The Labute approximate surface area is 116 Å². The molecule has 2 aromatic rings. The number of hydrogen-bond acceptors (Lipinski definition) is 4. The Hall–Kier alpha value is -2.53. The first-order chi connectivity index (χ1) is 9.69. The molecule has 0 saturated carbocycles. The standard InChI is InChI=1S/C15H13N3O2/c1-9-7-17-14(8-16-9)11-5-10-3-2-4-12(13(10)6-11)15(19)18-20/h2-4,6-8,20H,5H2,1H3,(H,18,19). The van der Waals surface area contributed by atoms with Crippen LogP contribution in [0.3, 0.4) is 0 Å². The van der Waals surface area contributed by atoms with Crippen LogP contribution < -0.4 is 5.48 Å². The van der Waals surface area contributed by atoms with Crippen LogP contribution in [0, 0.1) is 6.92 Å². The number of carbonyl (C=O) groups is 1. The molecule has 0 spiro atoms. The molecule has 1 aromatic heterocycles. The van der Waals surface area contributed by atoms with Gasteiger partial charge in [-0.1, -0.05) is 12.1 Å². The summed E-state index contributed by atoms with van der Waals surface area (Å²) in [7, 11) is 0. The summed E-state index contributed by atoms with van der Waals surface area (Å²) in [4.78, 5) is 20.2. The van der Waals surface area contributed by atoms with E-state index in [4.69, 9.17) is 5.21 Å². The molecular weight excluding hydrogens is 254 g/mol. The Bertz CT molecular complexity index is 706. The van der Waals surface area contributed by atoms with Gasteiger partial charge in [-0.3, -0.25) is 20.0 Å². The highest BCUT2D eigenvalue weighted by molar-refractivity contribution is 6.01. The molecule has 1 amide bonds. The summed E-state index contributed by atoms with van der Waals surface area (Å²) >= 11 is 0. The van der Waals surface area contributed by atoms with Crippen LogP contribution in [0.15, 0.2) is 30.6 Å². The van der Waals surface area contributed by atoms with Gasteiger partial charge in [0, 0.05) is 18.2 Å². The average Bonchev–Trinajstić information content (AvgIpc) is 2.91. The minimum absolute atomic E-state index is 0.458. The number of rotatable bonds is 2. The van der Waals surface area contributed by atoms with Crippen LogP contribution in [-0.4, -0.2) is 21.1 Å². The molecule has 0 fully saturated rings. The summed E-state index contributed by atoms with van der Waals surface area (Å²) in [5.41, 5.74) is 6.70. The maximum atomic E-state index is 11.6. The highest BCUT2D eigenvalue weighted by atomic mass is 16.5.